The molecule has 40 nitrogen and oxygen atoms in total. The van der Waals surface area contributed by atoms with Gasteiger partial charge in [-0.25, -0.2) is 9.78 Å². The number of nitrogens with zero attached hydrogens (tertiary/aromatic N) is 7. The summed E-state index contributed by atoms with van der Waals surface area (Å²) in [5, 5.41) is 47.0. The summed E-state index contributed by atoms with van der Waals surface area (Å²) in [6.07, 6.45) is 6.57. The number of carbonyl (C=O) groups excluding carboxylic acids is 13. The Balaban J connectivity index is 1.12. The average Bonchev–Trinajstić information content (AvgIpc) is 1.63. The average molecular weight is 1560 g/mol. The minimum Gasteiger partial charge on any atom is -0.480 e. The Hall–Kier alpha value is -10.9. The second-order valence-electron chi connectivity index (χ2n) is 27.7. The van der Waals surface area contributed by atoms with Crippen molar-refractivity contribution in [1.29, 1.82) is 0 Å². The van der Waals surface area contributed by atoms with Gasteiger partial charge in [0, 0.05) is 70.4 Å². The van der Waals surface area contributed by atoms with Crippen LogP contribution < -0.4 is 87.6 Å². The molecule has 0 saturated carbocycles. The standard InChI is InChI=1S/C69H108N24O16S/c1-38(2)31-46(87-56(98)42(16-8-25-78-68(72)73)84-62(104)51-19-11-28-92(51)64(106)44(17-9-26-79-69(74)75)85-57(99)43-21-22-53(95)82-43)58(100)90-49(36-94)60(102)88-47(33-40-34-76-37-81-40)59(101)83-41(15-7-24-77-67(70)71)55(97)80-35-54(96)91-27-10-18-50(91)61(103)86-45(23-30-110-3)65(107)93-29-12-20-52(93)63(105)89-48(66(108)109)32-39-13-5-4-6-14-39/h4-6,13-14,34,37-38,41-52,94H,7-12,15-33,35-36H2,1-3H3,(H,76,81)(H,80,97)(H,82,95)(H,83,101)(H,84,104)(H,85,99)(H,86,103)(H,87,98)(H,88,102)(H,89,105)(H,90,100)(H,108,109)(H4,70,71,77)(H4,72,73,78)(H4,74,75,79)/t41-,42-,43-,44-,45-,46-,47-,48-,49-,50-,51-,52-/m0/s1. The van der Waals surface area contributed by atoms with Crippen LogP contribution in [0.5, 0.6) is 0 Å². The van der Waals surface area contributed by atoms with Crippen LogP contribution >= 0.6 is 11.8 Å². The molecule has 2 aromatic rings. The zero-order valence-corrected chi connectivity index (χ0v) is 63.1. The SMILES string of the molecule is CSCC[C@H](NC(=O)[C@@H]1CCCN1C(=O)CNC(=O)[C@H](CCCN=C(N)N)NC(=O)[C@H](Cc1cnc[nH]1)NC(=O)[C@H](CO)NC(=O)[C@H](CC(C)C)NC(=O)[C@H](CCCN=C(N)N)NC(=O)[C@@H]1CCCN1C(=O)[C@H](CCCN=C(N)N)NC(=O)[C@@H]1CCC(=O)N1)C(=O)N1CCC[C@H]1C(=O)N[C@@H](Cc1ccccc1)C(=O)O. The molecule has 25 N–H and O–H groups in total. The number of likely N-dealkylation sites (tertiary alicyclic amines) is 3. The van der Waals surface area contributed by atoms with Gasteiger partial charge in [0.25, 0.3) is 0 Å². The number of imidazole rings is 1. The largest absolute Gasteiger partial charge is 0.480 e. The highest BCUT2D eigenvalue weighted by Gasteiger charge is 2.44. The number of aromatic nitrogens is 2. The zero-order valence-electron chi connectivity index (χ0n) is 62.3. The van der Waals surface area contributed by atoms with Crippen LogP contribution in [0, 0.1) is 5.92 Å². The van der Waals surface area contributed by atoms with E-state index in [1.165, 1.54) is 39.0 Å². The Bertz CT molecular complexity index is 3600. The van der Waals surface area contributed by atoms with Gasteiger partial charge >= 0.3 is 5.97 Å². The summed E-state index contributed by atoms with van der Waals surface area (Å²) in [7, 11) is 0. The molecule has 0 spiro atoms. The van der Waals surface area contributed by atoms with E-state index in [9.17, 15) is 77.3 Å². The van der Waals surface area contributed by atoms with Crippen molar-refractivity contribution in [3.8, 4) is 0 Å². The molecule has 13 amide bonds. The lowest BCUT2D eigenvalue weighted by Gasteiger charge is -2.31. The molecule has 4 saturated heterocycles. The first-order valence-electron chi connectivity index (χ1n) is 36.9. The van der Waals surface area contributed by atoms with E-state index < -0.39 is 163 Å². The highest BCUT2D eigenvalue weighted by Crippen LogP contribution is 2.25. The third-order valence-corrected chi connectivity index (χ3v) is 19.5. The maximum atomic E-state index is 14.6. The molecule has 0 radical (unpaired) electrons. The lowest BCUT2D eigenvalue weighted by atomic mass is 10.0. The van der Waals surface area contributed by atoms with Crippen molar-refractivity contribution >= 4 is 112 Å². The fraction of sp³-hybridized carbons (Fsp3) is 0.623. The van der Waals surface area contributed by atoms with Gasteiger partial charge in [0.2, 0.25) is 76.8 Å². The molecule has 0 bridgehead atoms. The smallest absolute Gasteiger partial charge is 0.326 e. The number of carboxylic acids is 1. The molecular weight excluding hydrogens is 1450 g/mol. The number of carboxylic acid groups (broad SMARTS) is 1. The molecule has 5 heterocycles. The van der Waals surface area contributed by atoms with Crippen LogP contribution in [-0.4, -0.2) is 272 Å². The van der Waals surface area contributed by atoms with Crippen molar-refractivity contribution in [3.63, 3.8) is 0 Å². The van der Waals surface area contributed by atoms with Gasteiger partial charge in [-0.1, -0.05) is 44.2 Å². The van der Waals surface area contributed by atoms with Gasteiger partial charge in [-0.3, -0.25) is 77.3 Å². The van der Waals surface area contributed by atoms with Crippen LogP contribution in [0.1, 0.15) is 128 Å². The van der Waals surface area contributed by atoms with Crippen LogP contribution in [0.2, 0.25) is 0 Å². The van der Waals surface area contributed by atoms with Gasteiger partial charge in [-0.15, -0.1) is 0 Å². The Labute approximate surface area is 640 Å². The molecule has 4 fully saturated rings. The van der Waals surface area contributed by atoms with Crippen LogP contribution in [0.15, 0.2) is 57.8 Å². The summed E-state index contributed by atoms with van der Waals surface area (Å²) in [4.78, 5) is 218. The highest BCUT2D eigenvalue weighted by atomic mass is 32.2. The van der Waals surface area contributed by atoms with Crippen LogP contribution in [0.25, 0.3) is 0 Å². The van der Waals surface area contributed by atoms with E-state index in [0.29, 0.717) is 36.3 Å². The highest BCUT2D eigenvalue weighted by molar-refractivity contribution is 7.98. The maximum absolute atomic E-state index is 14.6. The molecule has 4 aliphatic heterocycles. The number of aliphatic carboxylic acids is 1. The number of thioether (sulfide) groups is 1. The number of guanidine groups is 3. The van der Waals surface area contributed by atoms with Gasteiger partial charge in [-0.05, 0) is 120 Å². The molecule has 110 heavy (non-hydrogen) atoms. The topological polar surface area (TPSA) is 631 Å². The number of aromatic amines is 1. The van der Waals surface area contributed by atoms with Crippen molar-refractivity contribution in [2.75, 3.05) is 64.4 Å². The van der Waals surface area contributed by atoms with E-state index in [1.807, 2.05) is 6.26 Å². The lowest BCUT2D eigenvalue weighted by Crippen LogP contribution is -2.61. The molecule has 41 heteroatoms. The summed E-state index contributed by atoms with van der Waals surface area (Å²) in [5.41, 5.74) is 34.3. The summed E-state index contributed by atoms with van der Waals surface area (Å²) in [6.45, 7) is 2.20. The Kier molecular flexibility index (Phi) is 35.7. The fourth-order valence-corrected chi connectivity index (χ4v) is 13.8. The number of H-pyrrole nitrogens is 1. The van der Waals surface area contributed by atoms with Gasteiger partial charge < -0.3 is 117 Å². The first kappa shape index (κ1) is 88.0. The van der Waals surface area contributed by atoms with Crippen molar-refractivity contribution < 1.29 is 77.3 Å². The van der Waals surface area contributed by atoms with Crippen molar-refractivity contribution in [2.45, 2.75) is 202 Å². The number of benzene rings is 1. The van der Waals surface area contributed by atoms with Crippen LogP contribution in [0.3, 0.4) is 0 Å². The molecule has 12 atom stereocenters. The second-order valence-corrected chi connectivity index (χ2v) is 28.7. The van der Waals surface area contributed by atoms with E-state index in [4.69, 9.17) is 34.4 Å². The molecule has 0 aliphatic carbocycles. The fourth-order valence-electron chi connectivity index (χ4n) is 13.3. The van der Waals surface area contributed by atoms with Gasteiger partial charge in [0.15, 0.2) is 17.9 Å². The molecule has 6 rings (SSSR count). The van der Waals surface area contributed by atoms with Gasteiger partial charge in [0.1, 0.15) is 72.5 Å². The minimum atomic E-state index is -1.80. The van der Waals surface area contributed by atoms with Crippen molar-refractivity contribution in [2.24, 2.45) is 55.3 Å². The number of hydrogen-bond donors (Lipinski definition) is 19. The van der Waals surface area contributed by atoms with E-state index >= 15 is 0 Å². The lowest BCUT2D eigenvalue weighted by molar-refractivity contribution is -0.145. The summed E-state index contributed by atoms with van der Waals surface area (Å²) in [6, 6.07) is -6.65. The Morgan fingerprint density at radius 3 is 1.51 bits per heavy atom. The molecule has 4 aliphatic rings. The monoisotopic (exact) mass is 1560 g/mol. The minimum absolute atomic E-state index is 0.00184. The molecular formula is C69H108N24O16S. The predicted molar refractivity (Wildman–Crippen MR) is 403 cm³/mol. The second kappa shape index (κ2) is 44.6. The van der Waals surface area contributed by atoms with Crippen molar-refractivity contribution in [1.82, 2.24) is 77.8 Å². The van der Waals surface area contributed by atoms with Crippen LogP contribution in [0.4, 0.5) is 0 Å². The number of carbonyl (C=O) groups is 14. The molecule has 606 valence electrons. The predicted octanol–water partition coefficient (Wildman–Crippen LogP) is -6.52. The first-order valence-corrected chi connectivity index (χ1v) is 38.3. The van der Waals surface area contributed by atoms with Crippen molar-refractivity contribution in [3.05, 3.63) is 54.1 Å². The number of nitrogens with one attached hydrogen (secondary N) is 11. The number of rotatable bonds is 44. The molecule has 0 unspecified atom stereocenters. The molecule has 1 aromatic carbocycles. The summed E-state index contributed by atoms with van der Waals surface area (Å²) >= 11 is 1.41. The normalized spacial score (nSPS) is 18.8. The first-order chi connectivity index (χ1) is 52.5. The molecule has 1 aromatic heterocycles. The van der Waals surface area contributed by atoms with E-state index in [2.05, 4.69) is 78.1 Å². The number of amides is 13. The van der Waals surface area contributed by atoms with Gasteiger partial charge in [0.05, 0.1) is 19.5 Å². The van der Waals surface area contributed by atoms with E-state index in [0.717, 1.165) is 0 Å². The maximum Gasteiger partial charge on any atom is 0.326 e. The quantitative estimate of drug-likeness (QED) is 0.0167. The van der Waals surface area contributed by atoms with Crippen LogP contribution in [-0.2, 0) is 80.0 Å². The Morgan fingerprint density at radius 2 is 1.01 bits per heavy atom. The third kappa shape index (κ3) is 28.0. The van der Waals surface area contributed by atoms with E-state index in [-0.39, 0.29) is 165 Å². The summed E-state index contributed by atoms with van der Waals surface area (Å²) in [5.74, 6) is -11.5. The van der Waals surface area contributed by atoms with E-state index in [1.54, 1.807) is 44.2 Å². The summed E-state index contributed by atoms with van der Waals surface area (Å²) < 4.78 is 0. The number of aliphatic hydroxyl groups is 1. The van der Waals surface area contributed by atoms with Gasteiger partial charge in [-0.2, -0.15) is 11.8 Å². The zero-order chi connectivity index (χ0) is 80.6. The Morgan fingerprint density at radius 1 is 0.555 bits per heavy atom. The number of hydrogen-bond acceptors (Lipinski definition) is 20. The number of nitrogens with two attached hydrogens (primary N) is 6. The third-order valence-electron chi connectivity index (χ3n) is 18.9. The number of aliphatic imine (C=N–C) groups is 3. The number of aliphatic hydroxyl groups excluding tert-OH is 1.